The van der Waals surface area contributed by atoms with Gasteiger partial charge in [0.1, 0.15) is 0 Å². The number of hydrogen-bond acceptors (Lipinski definition) is 3. The van der Waals surface area contributed by atoms with Crippen LogP contribution in [0.2, 0.25) is 0 Å². The van der Waals surface area contributed by atoms with Crippen molar-refractivity contribution < 1.29 is 9.53 Å². The van der Waals surface area contributed by atoms with Gasteiger partial charge in [0.2, 0.25) is 0 Å². The number of amides is 1. The first-order valence-corrected chi connectivity index (χ1v) is 8.64. The van der Waals surface area contributed by atoms with Crippen LogP contribution in [0, 0.1) is 3.57 Å². The molecule has 2 rings (SSSR count). The largest absolute Gasteiger partial charge is 0.378 e. The second-order valence-corrected chi connectivity index (χ2v) is 6.66. The Hall–Kier alpha value is -0.660. The van der Waals surface area contributed by atoms with Gasteiger partial charge in [0.25, 0.3) is 5.91 Å². The number of benzene rings is 1. The van der Waals surface area contributed by atoms with Crippen LogP contribution in [0.3, 0.4) is 0 Å². The Morgan fingerprint density at radius 1 is 1.29 bits per heavy atom. The van der Waals surface area contributed by atoms with Crippen molar-refractivity contribution in [2.75, 3.05) is 13.2 Å². The molecule has 0 spiro atoms. The van der Waals surface area contributed by atoms with Crippen molar-refractivity contribution in [2.45, 2.75) is 44.2 Å². The Bertz CT molecular complexity index is 459. The minimum Gasteiger partial charge on any atom is -0.378 e. The quantitative estimate of drug-likeness (QED) is 0.568. The van der Waals surface area contributed by atoms with E-state index in [0.29, 0.717) is 25.3 Å². The summed E-state index contributed by atoms with van der Waals surface area (Å²) in [5, 5.41) is 2.94. The van der Waals surface area contributed by atoms with Crippen molar-refractivity contribution in [3.8, 4) is 0 Å². The molecule has 0 atom stereocenters. The molecule has 21 heavy (non-hydrogen) atoms. The third-order valence-electron chi connectivity index (χ3n) is 3.80. The Morgan fingerprint density at radius 3 is 2.71 bits per heavy atom. The molecule has 0 aromatic heterocycles. The van der Waals surface area contributed by atoms with E-state index in [9.17, 15) is 4.79 Å². The fraction of sp³-hybridized carbons (Fsp3) is 0.562. The van der Waals surface area contributed by atoms with Gasteiger partial charge in [-0.15, -0.1) is 0 Å². The van der Waals surface area contributed by atoms with Gasteiger partial charge in [0, 0.05) is 22.8 Å². The second-order valence-electron chi connectivity index (χ2n) is 5.50. The van der Waals surface area contributed by atoms with Gasteiger partial charge < -0.3 is 15.8 Å². The number of hydrogen-bond donors (Lipinski definition) is 2. The molecule has 116 valence electrons. The van der Waals surface area contributed by atoms with E-state index >= 15 is 0 Å². The SMILES string of the molecule is NC1CCC(OCCCNC(=O)c2ccccc2I)CC1. The molecule has 1 saturated carbocycles. The number of ether oxygens (including phenoxy) is 1. The minimum atomic E-state index is -0.0105. The van der Waals surface area contributed by atoms with Crippen LogP contribution in [-0.2, 0) is 4.74 Å². The summed E-state index contributed by atoms with van der Waals surface area (Å²) in [6.07, 6.45) is 5.46. The third kappa shape index (κ3) is 5.56. The number of halogens is 1. The maximum Gasteiger partial charge on any atom is 0.252 e. The number of nitrogens with one attached hydrogen (secondary N) is 1. The van der Waals surface area contributed by atoms with Crippen LogP contribution in [0.1, 0.15) is 42.5 Å². The lowest BCUT2D eigenvalue weighted by Gasteiger charge is -2.26. The van der Waals surface area contributed by atoms with Crippen molar-refractivity contribution in [3.05, 3.63) is 33.4 Å². The van der Waals surface area contributed by atoms with Crippen LogP contribution in [0.15, 0.2) is 24.3 Å². The van der Waals surface area contributed by atoms with Gasteiger partial charge in [0.05, 0.1) is 11.7 Å². The Kier molecular flexibility index (Phi) is 6.92. The zero-order valence-corrected chi connectivity index (χ0v) is 14.3. The van der Waals surface area contributed by atoms with Crippen LogP contribution < -0.4 is 11.1 Å². The van der Waals surface area contributed by atoms with Crippen LogP contribution in [0.5, 0.6) is 0 Å². The van der Waals surface area contributed by atoms with Gasteiger partial charge in [-0.25, -0.2) is 0 Å². The maximum atomic E-state index is 12.0. The Balaban J connectivity index is 1.60. The summed E-state index contributed by atoms with van der Waals surface area (Å²) in [5.41, 5.74) is 6.61. The average Bonchev–Trinajstić information content (AvgIpc) is 2.49. The fourth-order valence-corrected chi connectivity index (χ4v) is 3.15. The van der Waals surface area contributed by atoms with Crippen molar-refractivity contribution in [1.82, 2.24) is 5.32 Å². The van der Waals surface area contributed by atoms with Gasteiger partial charge in [-0.2, -0.15) is 0 Å². The molecular formula is C16H23IN2O2. The fourth-order valence-electron chi connectivity index (χ4n) is 2.52. The van der Waals surface area contributed by atoms with Crippen LogP contribution in [0.4, 0.5) is 0 Å². The first-order valence-electron chi connectivity index (χ1n) is 7.56. The maximum absolute atomic E-state index is 12.0. The summed E-state index contributed by atoms with van der Waals surface area (Å²) in [7, 11) is 0. The molecule has 1 aromatic rings. The predicted octanol–water partition coefficient (Wildman–Crippen LogP) is 2.70. The number of carbonyl (C=O) groups excluding carboxylic acids is 1. The standard InChI is InChI=1S/C16H23IN2O2/c17-15-5-2-1-4-14(15)16(20)19-10-3-11-21-13-8-6-12(18)7-9-13/h1-2,4-5,12-13H,3,6-11,18H2,(H,19,20). The van der Waals surface area contributed by atoms with Crippen LogP contribution >= 0.6 is 22.6 Å². The monoisotopic (exact) mass is 402 g/mol. The normalized spacial score (nSPS) is 22.0. The van der Waals surface area contributed by atoms with E-state index < -0.39 is 0 Å². The lowest BCUT2D eigenvalue weighted by atomic mass is 9.94. The number of carbonyl (C=O) groups is 1. The molecule has 0 radical (unpaired) electrons. The van der Waals surface area contributed by atoms with E-state index in [1.807, 2.05) is 24.3 Å². The van der Waals surface area contributed by atoms with Crippen molar-refractivity contribution in [3.63, 3.8) is 0 Å². The van der Waals surface area contributed by atoms with E-state index in [0.717, 1.165) is 41.2 Å². The molecule has 0 saturated heterocycles. The van der Waals surface area contributed by atoms with Crippen LogP contribution in [0.25, 0.3) is 0 Å². The molecular weight excluding hydrogens is 379 g/mol. The molecule has 1 aliphatic carbocycles. The number of nitrogens with two attached hydrogens (primary N) is 1. The van der Waals surface area contributed by atoms with Gasteiger partial charge in [-0.05, 0) is 66.8 Å². The molecule has 0 bridgehead atoms. The zero-order chi connectivity index (χ0) is 15.1. The zero-order valence-electron chi connectivity index (χ0n) is 12.2. The highest BCUT2D eigenvalue weighted by Gasteiger charge is 2.18. The van der Waals surface area contributed by atoms with E-state index in [1.165, 1.54) is 0 Å². The van der Waals surface area contributed by atoms with Gasteiger partial charge in [-0.3, -0.25) is 4.79 Å². The third-order valence-corrected chi connectivity index (χ3v) is 4.74. The van der Waals surface area contributed by atoms with Crippen molar-refractivity contribution in [1.29, 1.82) is 0 Å². The highest BCUT2D eigenvalue weighted by Crippen LogP contribution is 2.19. The van der Waals surface area contributed by atoms with Crippen molar-refractivity contribution in [2.24, 2.45) is 5.73 Å². The van der Waals surface area contributed by atoms with Crippen molar-refractivity contribution >= 4 is 28.5 Å². The molecule has 5 heteroatoms. The van der Waals surface area contributed by atoms with Crippen LogP contribution in [-0.4, -0.2) is 31.2 Å². The van der Waals surface area contributed by atoms with Gasteiger partial charge >= 0.3 is 0 Å². The molecule has 1 aromatic carbocycles. The lowest BCUT2D eigenvalue weighted by Crippen LogP contribution is -2.31. The number of rotatable bonds is 6. The summed E-state index contributed by atoms with van der Waals surface area (Å²) in [4.78, 5) is 12.0. The Morgan fingerprint density at radius 2 is 2.00 bits per heavy atom. The lowest BCUT2D eigenvalue weighted by molar-refractivity contribution is 0.0241. The molecule has 0 aliphatic heterocycles. The van der Waals surface area contributed by atoms with E-state index in [2.05, 4.69) is 27.9 Å². The predicted molar refractivity (Wildman–Crippen MR) is 92.3 cm³/mol. The smallest absolute Gasteiger partial charge is 0.252 e. The summed E-state index contributed by atoms with van der Waals surface area (Å²) in [6.45, 7) is 1.35. The summed E-state index contributed by atoms with van der Waals surface area (Å²) in [6, 6.07) is 7.96. The Labute approximate surface area is 140 Å². The first kappa shape index (κ1) is 16.7. The highest BCUT2D eigenvalue weighted by atomic mass is 127. The molecule has 1 aliphatic rings. The average molecular weight is 402 g/mol. The second kappa shape index (κ2) is 8.70. The molecule has 3 N–H and O–H groups in total. The van der Waals surface area contributed by atoms with E-state index in [4.69, 9.17) is 10.5 Å². The van der Waals surface area contributed by atoms with E-state index in [1.54, 1.807) is 0 Å². The van der Waals surface area contributed by atoms with Gasteiger partial charge in [0.15, 0.2) is 0 Å². The molecule has 0 unspecified atom stereocenters. The summed E-state index contributed by atoms with van der Waals surface area (Å²) in [5.74, 6) is -0.0105. The highest BCUT2D eigenvalue weighted by molar-refractivity contribution is 14.1. The molecule has 1 amide bonds. The minimum absolute atomic E-state index is 0.0105. The van der Waals surface area contributed by atoms with E-state index in [-0.39, 0.29) is 5.91 Å². The molecule has 1 fully saturated rings. The van der Waals surface area contributed by atoms with Gasteiger partial charge in [-0.1, -0.05) is 12.1 Å². The summed E-state index contributed by atoms with van der Waals surface area (Å²) >= 11 is 2.18. The topological polar surface area (TPSA) is 64.3 Å². The molecule has 0 heterocycles. The summed E-state index contributed by atoms with van der Waals surface area (Å²) < 4.78 is 6.81. The molecule has 4 nitrogen and oxygen atoms in total. The first-order chi connectivity index (χ1) is 10.2.